The van der Waals surface area contributed by atoms with Crippen LogP contribution in [0.15, 0.2) is 6.07 Å². The Morgan fingerprint density at radius 1 is 1.47 bits per heavy atom. The van der Waals surface area contributed by atoms with E-state index < -0.39 is 24.1 Å². The number of hydrogen-bond donors (Lipinski definition) is 2. The second-order valence-corrected chi connectivity index (χ2v) is 4.17. The van der Waals surface area contributed by atoms with Crippen molar-refractivity contribution in [1.82, 2.24) is 15.1 Å². The minimum Gasteiger partial charge on any atom is -0.476 e. The molecule has 0 saturated carbocycles. The van der Waals surface area contributed by atoms with E-state index in [1.54, 1.807) is 0 Å². The van der Waals surface area contributed by atoms with Gasteiger partial charge in [0.2, 0.25) is 0 Å². The Balaban J connectivity index is 2.23. The van der Waals surface area contributed by atoms with Crippen molar-refractivity contribution in [3.05, 3.63) is 17.5 Å². The van der Waals surface area contributed by atoms with Gasteiger partial charge in [0.05, 0.1) is 11.7 Å². The third-order valence-corrected chi connectivity index (χ3v) is 2.93. The van der Waals surface area contributed by atoms with Crippen LogP contribution in [0, 0.1) is 0 Å². The molecule has 0 bridgehead atoms. The van der Waals surface area contributed by atoms with Gasteiger partial charge in [0.25, 0.3) is 0 Å². The summed E-state index contributed by atoms with van der Waals surface area (Å²) >= 11 is 0. The minimum atomic E-state index is -4.93. The molecule has 6 nitrogen and oxygen atoms in total. The van der Waals surface area contributed by atoms with Crippen LogP contribution in [0.1, 0.15) is 35.1 Å². The van der Waals surface area contributed by atoms with Gasteiger partial charge in [-0.15, -0.1) is 0 Å². The number of aromatic nitrogens is 2. The Labute approximate surface area is 105 Å². The first-order chi connectivity index (χ1) is 8.80. The fourth-order valence-electron chi connectivity index (χ4n) is 2.11. The van der Waals surface area contributed by atoms with E-state index in [4.69, 9.17) is 5.11 Å². The Kier molecular flexibility index (Phi) is 3.21. The zero-order valence-corrected chi connectivity index (χ0v) is 9.57. The van der Waals surface area contributed by atoms with Crippen molar-refractivity contribution in [3.8, 4) is 0 Å². The SMILES string of the molecule is O=C(O)c1cc(C2CCCN2C(=O)C(F)(F)F)[nH]n1. The Morgan fingerprint density at radius 2 is 2.16 bits per heavy atom. The molecule has 1 amide bonds. The number of carbonyl (C=O) groups is 2. The summed E-state index contributed by atoms with van der Waals surface area (Å²) in [5.41, 5.74) is -0.0891. The number of H-pyrrole nitrogens is 1. The van der Waals surface area contributed by atoms with Crippen LogP contribution in [-0.2, 0) is 4.79 Å². The predicted molar refractivity (Wildman–Crippen MR) is 55.3 cm³/mol. The summed E-state index contributed by atoms with van der Waals surface area (Å²) in [6, 6.07) is 0.337. The van der Waals surface area contributed by atoms with Crippen molar-refractivity contribution in [3.63, 3.8) is 0 Å². The zero-order valence-electron chi connectivity index (χ0n) is 9.57. The highest BCUT2D eigenvalue weighted by Crippen LogP contribution is 2.34. The molecule has 1 unspecified atom stereocenters. The molecule has 0 spiro atoms. The normalized spacial score (nSPS) is 19.7. The molecule has 1 atom stereocenters. The van der Waals surface area contributed by atoms with E-state index in [1.165, 1.54) is 0 Å². The number of rotatable bonds is 2. The van der Waals surface area contributed by atoms with E-state index in [1.807, 2.05) is 0 Å². The van der Waals surface area contributed by atoms with Gasteiger partial charge in [0.15, 0.2) is 5.69 Å². The monoisotopic (exact) mass is 277 g/mol. The molecule has 1 saturated heterocycles. The van der Waals surface area contributed by atoms with Gasteiger partial charge in [-0.3, -0.25) is 9.89 Å². The molecule has 0 aliphatic carbocycles. The van der Waals surface area contributed by atoms with E-state index in [0.717, 1.165) is 6.07 Å². The molecular weight excluding hydrogens is 267 g/mol. The smallest absolute Gasteiger partial charge is 0.471 e. The first-order valence-electron chi connectivity index (χ1n) is 5.47. The van der Waals surface area contributed by atoms with Crippen molar-refractivity contribution in [1.29, 1.82) is 0 Å². The van der Waals surface area contributed by atoms with Gasteiger partial charge in [-0.1, -0.05) is 0 Å². The molecule has 0 radical (unpaired) electrons. The zero-order chi connectivity index (χ0) is 14.2. The van der Waals surface area contributed by atoms with E-state index in [0.29, 0.717) is 17.7 Å². The van der Waals surface area contributed by atoms with Crippen LogP contribution in [-0.4, -0.2) is 44.8 Å². The predicted octanol–water partition coefficient (Wildman–Crippen LogP) is 1.33. The van der Waals surface area contributed by atoms with Crippen LogP contribution in [0.3, 0.4) is 0 Å². The number of carboxylic acid groups (broad SMARTS) is 1. The first kappa shape index (κ1) is 13.4. The van der Waals surface area contributed by atoms with E-state index in [2.05, 4.69) is 10.2 Å². The summed E-state index contributed by atoms with van der Waals surface area (Å²) in [4.78, 5) is 22.6. The average Bonchev–Trinajstić information content (AvgIpc) is 2.95. The van der Waals surface area contributed by atoms with Gasteiger partial charge in [0, 0.05) is 6.54 Å². The molecule has 2 heterocycles. The summed E-state index contributed by atoms with van der Waals surface area (Å²) in [7, 11) is 0. The molecule has 104 valence electrons. The fraction of sp³-hybridized carbons (Fsp3) is 0.500. The summed E-state index contributed by atoms with van der Waals surface area (Å²) < 4.78 is 37.2. The lowest BCUT2D eigenvalue weighted by Crippen LogP contribution is -2.40. The minimum absolute atomic E-state index is 0.00949. The highest BCUT2D eigenvalue weighted by Gasteiger charge is 2.46. The number of aromatic carboxylic acids is 1. The molecule has 0 aromatic carbocycles. The van der Waals surface area contributed by atoms with E-state index in [-0.39, 0.29) is 17.9 Å². The molecular formula is C10H10F3N3O3. The Morgan fingerprint density at radius 3 is 2.68 bits per heavy atom. The number of hydrogen-bond acceptors (Lipinski definition) is 3. The number of nitrogens with one attached hydrogen (secondary N) is 1. The van der Waals surface area contributed by atoms with Gasteiger partial charge in [0.1, 0.15) is 0 Å². The lowest BCUT2D eigenvalue weighted by Gasteiger charge is -2.24. The van der Waals surface area contributed by atoms with Crippen LogP contribution in [0.25, 0.3) is 0 Å². The molecule has 1 fully saturated rings. The maximum Gasteiger partial charge on any atom is 0.471 e. The quantitative estimate of drug-likeness (QED) is 0.854. The van der Waals surface area contributed by atoms with Crippen molar-refractivity contribution in [2.45, 2.75) is 25.1 Å². The van der Waals surface area contributed by atoms with Crippen molar-refractivity contribution in [2.24, 2.45) is 0 Å². The molecule has 9 heteroatoms. The number of aromatic amines is 1. The molecule has 1 aliphatic heterocycles. The number of carbonyl (C=O) groups excluding carboxylic acids is 1. The summed E-state index contributed by atoms with van der Waals surface area (Å²) in [6.07, 6.45) is -4.17. The highest BCUT2D eigenvalue weighted by atomic mass is 19.4. The maximum absolute atomic E-state index is 12.4. The third-order valence-electron chi connectivity index (χ3n) is 2.93. The van der Waals surface area contributed by atoms with Gasteiger partial charge in [-0.25, -0.2) is 4.79 Å². The van der Waals surface area contributed by atoms with Gasteiger partial charge in [-0.05, 0) is 18.9 Å². The number of alkyl halides is 3. The number of amides is 1. The van der Waals surface area contributed by atoms with Crippen molar-refractivity contribution < 1.29 is 27.9 Å². The lowest BCUT2D eigenvalue weighted by molar-refractivity contribution is -0.186. The van der Waals surface area contributed by atoms with Crippen LogP contribution in [0.5, 0.6) is 0 Å². The number of carboxylic acids is 1. The van der Waals surface area contributed by atoms with Crippen LogP contribution in [0.2, 0.25) is 0 Å². The molecule has 19 heavy (non-hydrogen) atoms. The van der Waals surface area contributed by atoms with Crippen molar-refractivity contribution >= 4 is 11.9 Å². The standard InChI is InChI=1S/C10H10F3N3O3/c11-10(12,13)9(19)16-3-1-2-7(16)5-4-6(8(17)18)15-14-5/h4,7H,1-3H2,(H,14,15)(H,17,18). The molecule has 2 rings (SSSR count). The lowest BCUT2D eigenvalue weighted by atomic mass is 10.1. The number of nitrogens with zero attached hydrogens (tertiary/aromatic N) is 2. The van der Waals surface area contributed by atoms with Gasteiger partial charge in [-0.2, -0.15) is 18.3 Å². The molecule has 1 aliphatic rings. The third kappa shape index (κ3) is 2.54. The average molecular weight is 277 g/mol. The first-order valence-corrected chi connectivity index (χ1v) is 5.47. The Hall–Kier alpha value is -2.06. The topological polar surface area (TPSA) is 86.3 Å². The summed E-state index contributed by atoms with van der Waals surface area (Å²) in [5, 5.41) is 14.5. The Bertz CT molecular complexity index is 512. The summed E-state index contributed by atoms with van der Waals surface area (Å²) in [6.45, 7) is -0.00949. The van der Waals surface area contributed by atoms with E-state index >= 15 is 0 Å². The maximum atomic E-state index is 12.4. The second kappa shape index (κ2) is 4.56. The second-order valence-electron chi connectivity index (χ2n) is 4.17. The van der Waals surface area contributed by atoms with Crippen LogP contribution >= 0.6 is 0 Å². The molecule has 1 aromatic rings. The molecule has 2 N–H and O–H groups in total. The fourth-order valence-corrected chi connectivity index (χ4v) is 2.11. The number of halogens is 3. The highest BCUT2D eigenvalue weighted by molar-refractivity contribution is 5.85. The van der Waals surface area contributed by atoms with Gasteiger partial charge < -0.3 is 10.0 Å². The molecule has 1 aromatic heterocycles. The van der Waals surface area contributed by atoms with Crippen LogP contribution in [0.4, 0.5) is 13.2 Å². The number of likely N-dealkylation sites (tertiary alicyclic amines) is 1. The van der Waals surface area contributed by atoms with Crippen molar-refractivity contribution in [2.75, 3.05) is 6.54 Å². The van der Waals surface area contributed by atoms with Gasteiger partial charge >= 0.3 is 18.1 Å². The summed E-state index contributed by atoms with van der Waals surface area (Å²) in [5.74, 6) is -3.20. The van der Waals surface area contributed by atoms with E-state index in [9.17, 15) is 22.8 Å². The largest absolute Gasteiger partial charge is 0.476 e. The van der Waals surface area contributed by atoms with Crippen LogP contribution < -0.4 is 0 Å².